The fourth-order valence-corrected chi connectivity index (χ4v) is 1.60. The van der Waals surface area contributed by atoms with E-state index in [1.165, 1.54) is 13.0 Å². The molecule has 0 radical (unpaired) electrons. The second-order valence-corrected chi connectivity index (χ2v) is 5.25. The Balaban J connectivity index is 0. The van der Waals surface area contributed by atoms with Gasteiger partial charge in [-0.05, 0) is 31.3 Å². The zero-order chi connectivity index (χ0) is 18.8. The van der Waals surface area contributed by atoms with Crippen LogP contribution in [-0.4, -0.2) is 24.9 Å². The van der Waals surface area contributed by atoms with Crippen LogP contribution in [0.1, 0.15) is 40.0 Å². The van der Waals surface area contributed by atoms with Crippen molar-refractivity contribution in [2.75, 3.05) is 6.54 Å². The monoisotopic (exact) mass is 585 g/mol. The van der Waals surface area contributed by atoms with Crippen molar-refractivity contribution in [2.24, 2.45) is 21.4 Å². The van der Waals surface area contributed by atoms with Crippen LogP contribution in [0.3, 0.4) is 0 Å². The maximum atomic E-state index is 12.1. The summed E-state index contributed by atoms with van der Waals surface area (Å²) in [4.78, 5) is 23.2. The number of azo groups is 1. The van der Waals surface area contributed by atoms with Gasteiger partial charge in [-0.15, -0.1) is 5.11 Å². The SMILES string of the molecule is C\C=C(CC(C)([C-]=O)C(=O)NCCC(F)(F)F)/N=N\C(N)=C/CC.[U]. The van der Waals surface area contributed by atoms with Gasteiger partial charge < -0.3 is 15.8 Å². The standard InChI is InChI=1S/C15H22F3N4O2.U/c1-4-6-12(19)22-21-11(5-2)9-14(3,10-23)13(24)20-8-7-15(16,17)18;/h5-6H,4,7-9,19H2,1-3H3,(H,20,24);/q-1;/b11-5-,12-6-,22-21-;. The van der Waals surface area contributed by atoms with E-state index in [1.807, 2.05) is 6.92 Å². The topological polar surface area (TPSA) is 96.9 Å². The summed E-state index contributed by atoms with van der Waals surface area (Å²) in [5.74, 6) is -0.670. The average Bonchev–Trinajstić information content (AvgIpc) is 2.50. The third-order valence-corrected chi connectivity index (χ3v) is 3.00. The van der Waals surface area contributed by atoms with Gasteiger partial charge in [0.2, 0.25) is 0 Å². The summed E-state index contributed by atoms with van der Waals surface area (Å²) in [6.45, 7) is 4.15. The summed E-state index contributed by atoms with van der Waals surface area (Å²) in [5.41, 5.74) is 4.18. The molecule has 6 nitrogen and oxygen atoms in total. The van der Waals surface area contributed by atoms with Crippen molar-refractivity contribution in [3.8, 4) is 0 Å². The molecule has 25 heavy (non-hydrogen) atoms. The molecule has 0 aromatic carbocycles. The van der Waals surface area contributed by atoms with Gasteiger partial charge in [-0.2, -0.15) is 18.3 Å². The number of alkyl halides is 3. The Labute approximate surface area is 169 Å². The molecule has 1 amide bonds. The summed E-state index contributed by atoms with van der Waals surface area (Å²) in [6.07, 6.45) is -0.330. The van der Waals surface area contributed by atoms with Crippen LogP contribution in [0.5, 0.6) is 0 Å². The number of carbonyl (C=O) groups is 1. The number of carbonyl (C=O) groups excluding carboxylic acids is 2. The third kappa shape index (κ3) is 11.2. The zero-order valence-corrected chi connectivity index (χ0v) is 18.6. The summed E-state index contributed by atoms with van der Waals surface area (Å²) in [6, 6.07) is 0. The minimum absolute atomic E-state index is 0. The number of hydrogen-bond donors (Lipinski definition) is 2. The molecule has 0 spiro atoms. The van der Waals surface area contributed by atoms with E-state index in [0.29, 0.717) is 12.1 Å². The van der Waals surface area contributed by atoms with Crippen LogP contribution in [0.15, 0.2) is 33.9 Å². The van der Waals surface area contributed by atoms with Crippen LogP contribution in [0.2, 0.25) is 0 Å². The minimum atomic E-state index is -4.39. The van der Waals surface area contributed by atoms with Crippen LogP contribution >= 0.6 is 0 Å². The second kappa shape index (κ2) is 12.3. The molecule has 0 bridgehead atoms. The Morgan fingerprint density at radius 1 is 1.32 bits per heavy atom. The second-order valence-electron chi connectivity index (χ2n) is 5.25. The number of hydrogen-bond acceptors (Lipinski definition) is 5. The predicted octanol–water partition coefficient (Wildman–Crippen LogP) is 3.13. The van der Waals surface area contributed by atoms with Gasteiger partial charge >= 0.3 is 6.18 Å². The molecule has 10 heteroatoms. The van der Waals surface area contributed by atoms with E-state index in [4.69, 9.17) is 5.73 Å². The Hall–Kier alpha value is -1.14. The van der Waals surface area contributed by atoms with Crippen LogP contribution in [-0.2, 0) is 9.59 Å². The Kier molecular flexibility index (Phi) is 12.8. The summed E-state index contributed by atoms with van der Waals surface area (Å²) in [7, 11) is 0. The number of nitrogens with one attached hydrogen (secondary N) is 1. The molecule has 0 fully saturated rings. The maximum absolute atomic E-state index is 12.1. The fraction of sp³-hybridized carbons (Fsp3) is 0.600. The molecule has 0 aromatic rings. The number of nitrogens with zero attached hydrogens (tertiary/aromatic N) is 2. The molecule has 0 saturated carbocycles. The van der Waals surface area contributed by atoms with Crippen molar-refractivity contribution in [1.29, 1.82) is 0 Å². The van der Waals surface area contributed by atoms with E-state index in [9.17, 15) is 22.8 Å². The third-order valence-electron chi connectivity index (χ3n) is 3.00. The van der Waals surface area contributed by atoms with E-state index < -0.39 is 30.5 Å². The number of nitrogens with two attached hydrogens (primary N) is 1. The van der Waals surface area contributed by atoms with Crippen LogP contribution < -0.4 is 11.1 Å². The summed E-state index contributed by atoms with van der Waals surface area (Å²) in [5, 5.41) is 9.68. The van der Waals surface area contributed by atoms with Crippen LogP contribution in [0.4, 0.5) is 13.2 Å². The molecule has 0 heterocycles. The van der Waals surface area contributed by atoms with Crippen molar-refractivity contribution >= 4 is 12.2 Å². The first-order valence-electron chi connectivity index (χ1n) is 7.35. The molecule has 1 atom stereocenters. The molecular weight excluding hydrogens is 563 g/mol. The van der Waals surface area contributed by atoms with Gasteiger partial charge in [-0.25, -0.2) is 6.29 Å². The number of rotatable bonds is 9. The first-order valence-corrected chi connectivity index (χ1v) is 7.35. The van der Waals surface area contributed by atoms with Crippen LogP contribution in [0, 0.1) is 36.5 Å². The molecule has 0 aliphatic carbocycles. The van der Waals surface area contributed by atoms with E-state index in [2.05, 4.69) is 15.5 Å². The number of amides is 1. The van der Waals surface area contributed by atoms with Crippen molar-refractivity contribution in [3.63, 3.8) is 0 Å². The predicted molar refractivity (Wildman–Crippen MR) is 83.3 cm³/mol. The first kappa shape index (κ1) is 26.1. The molecule has 0 aromatic heterocycles. The molecule has 0 saturated heterocycles. The van der Waals surface area contributed by atoms with Gasteiger partial charge in [0, 0.05) is 37.7 Å². The number of allylic oxidation sites excluding steroid dienone is 3. The first-order chi connectivity index (χ1) is 11.1. The zero-order valence-electron chi connectivity index (χ0n) is 14.4. The molecule has 0 rings (SSSR count). The van der Waals surface area contributed by atoms with Crippen molar-refractivity contribution in [2.45, 2.75) is 46.2 Å². The van der Waals surface area contributed by atoms with Crippen molar-refractivity contribution in [1.82, 2.24) is 5.32 Å². The molecule has 3 N–H and O–H groups in total. The molecule has 1 unspecified atom stereocenters. The van der Waals surface area contributed by atoms with Gasteiger partial charge in [0.1, 0.15) is 5.82 Å². The summed E-state index contributed by atoms with van der Waals surface area (Å²) < 4.78 is 36.3. The van der Waals surface area contributed by atoms with E-state index in [0.717, 1.165) is 0 Å². The summed E-state index contributed by atoms with van der Waals surface area (Å²) >= 11 is 0. The van der Waals surface area contributed by atoms with E-state index in [1.54, 1.807) is 19.3 Å². The van der Waals surface area contributed by atoms with E-state index in [-0.39, 0.29) is 43.4 Å². The largest absolute Gasteiger partial charge is 0.541 e. The average molecular weight is 585 g/mol. The van der Waals surface area contributed by atoms with Crippen molar-refractivity contribution < 1.29 is 53.9 Å². The molecule has 140 valence electrons. The minimum Gasteiger partial charge on any atom is -0.541 e. The van der Waals surface area contributed by atoms with Gasteiger partial charge in [-0.3, -0.25) is 4.79 Å². The van der Waals surface area contributed by atoms with Gasteiger partial charge in [0.05, 0.1) is 12.1 Å². The Morgan fingerprint density at radius 2 is 1.92 bits per heavy atom. The normalized spacial score (nSPS) is 15.4. The number of halogens is 3. The van der Waals surface area contributed by atoms with Gasteiger partial charge in [0.25, 0.3) is 0 Å². The molecule has 0 aliphatic heterocycles. The molecular formula is C15H22F3N4O2U-. The quantitative estimate of drug-likeness (QED) is 0.247. The van der Waals surface area contributed by atoms with E-state index >= 15 is 0 Å². The smallest absolute Gasteiger partial charge is 0.390 e. The Bertz CT molecular complexity index is 533. The van der Waals surface area contributed by atoms with Crippen LogP contribution in [0.25, 0.3) is 0 Å². The Morgan fingerprint density at radius 3 is 2.36 bits per heavy atom. The van der Waals surface area contributed by atoms with Gasteiger partial charge in [0.15, 0.2) is 5.91 Å². The molecule has 0 aliphatic rings. The van der Waals surface area contributed by atoms with Crippen molar-refractivity contribution in [3.05, 3.63) is 23.7 Å². The fourth-order valence-electron chi connectivity index (χ4n) is 1.60. The van der Waals surface area contributed by atoms with Gasteiger partial charge in [-0.1, -0.05) is 19.9 Å². The maximum Gasteiger partial charge on any atom is 0.390 e.